The third kappa shape index (κ3) is 2.39. The zero-order chi connectivity index (χ0) is 10.7. The maximum atomic E-state index is 9.12. The molecule has 0 aliphatic rings. The zero-order valence-corrected chi connectivity index (χ0v) is 8.26. The van der Waals surface area contributed by atoms with Crippen LogP contribution in [-0.4, -0.2) is 5.11 Å². The lowest BCUT2D eigenvalue weighted by Gasteiger charge is -2.08. The van der Waals surface area contributed by atoms with Crippen molar-refractivity contribution >= 4 is 0 Å². The van der Waals surface area contributed by atoms with Gasteiger partial charge < -0.3 is 15.3 Å². The first-order chi connectivity index (χ1) is 7.25. The van der Waals surface area contributed by atoms with Crippen molar-refractivity contribution in [3.8, 4) is 5.75 Å². The summed E-state index contributed by atoms with van der Waals surface area (Å²) in [5, 5.41) is 9.12. The predicted molar refractivity (Wildman–Crippen MR) is 57.4 cm³/mol. The predicted octanol–water partition coefficient (Wildman–Crippen LogP) is 2.23. The van der Waals surface area contributed by atoms with E-state index in [-0.39, 0.29) is 11.8 Å². The molecule has 78 valence electrons. The van der Waals surface area contributed by atoms with Crippen LogP contribution < -0.4 is 5.73 Å². The molecule has 0 fully saturated rings. The van der Waals surface area contributed by atoms with Crippen molar-refractivity contribution in [3.63, 3.8) is 0 Å². The number of phenolic OH excluding ortho intramolecular Hbond substituents is 1. The quantitative estimate of drug-likeness (QED) is 0.804. The molecule has 0 spiro atoms. The van der Waals surface area contributed by atoms with Crippen molar-refractivity contribution < 1.29 is 9.52 Å². The SMILES string of the molecule is NC(Cc1ccc(O)cc1)c1ccco1. The normalized spacial score (nSPS) is 12.6. The minimum absolute atomic E-state index is 0.135. The molecule has 0 bridgehead atoms. The van der Waals surface area contributed by atoms with Gasteiger partial charge in [-0.1, -0.05) is 12.1 Å². The molecule has 0 saturated carbocycles. The van der Waals surface area contributed by atoms with Crippen LogP contribution in [0.4, 0.5) is 0 Å². The fraction of sp³-hybridized carbons (Fsp3) is 0.167. The van der Waals surface area contributed by atoms with E-state index in [0.717, 1.165) is 11.3 Å². The van der Waals surface area contributed by atoms with Crippen molar-refractivity contribution in [2.45, 2.75) is 12.5 Å². The minimum atomic E-state index is -0.135. The molecule has 1 atom stereocenters. The first-order valence-electron chi connectivity index (χ1n) is 4.82. The highest BCUT2D eigenvalue weighted by atomic mass is 16.3. The third-order valence-corrected chi connectivity index (χ3v) is 2.30. The number of hydrogen-bond acceptors (Lipinski definition) is 3. The molecule has 15 heavy (non-hydrogen) atoms. The Hall–Kier alpha value is -1.74. The molecule has 0 radical (unpaired) electrons. The summed E-state index contributed by atoms with van der Waals surface area (Å²) in [5.74, 6) is 1.05. The highest BCUT2D eigenvalue weighted by molar-refractivity contribution is 5.27. The monoisotopic (exact) mass is 203 g/mol. The van der Waals surface area contributed by atoms with Gasteiger partial charge in [-0.05, 0) is 36.2 Å². The molecule has 0 amide bonds. The Bertz CT molecular complexity index is 406. The zero-order valence-electron chi connectivity index (χ0n) is 8.26. The van der Waals surface area contributed by atoms with E-state index in [4.69, 9.17) is 15.3 Å². The Balaban J connectivity index is 2.06. The van der Waals surface area contributed by atoms with Crippen molar-refractivity contribution in [2.75, 3.05) is 0 Å². The van der Waals surface area contributed by atoms with Crippen LogP contribution in [-0.2, 0) is 6.42 Å². The van der Waals surface area contributed by atoms with Crippen molar-refractivity contribution in [2.24, 2.45) is 5.73 Å². The van der Waals surface area contributed by atoms with E-state index in [2.05, 4.69) is 0 Å². The Morgan fingerprint density at radius 2 is 1.93 bits per heavy atom. The maximum Gasteiger partial charge on any atom is 0.120 e. The number of furan rings is 1. The van der Waals surface area contributed by atoms with Gasteiger partial charge in [-0.15, -0.1) is 0 Å². The van der Waals surface area contributed by atoms with Crippen molar-refractivity contribution in [1.29, 1.82) is 0 Å². The average molecular weight is 203 g/mol. The lowest BCUT2D eigenvalue weighted by Crippen LogP contribution is -2.12. The van der Waals surface area contributed by atoms with Gasteiger partial charge in [0, 0.05) is 0 Å². The smallest absolute Gasteiger partial charge is 0.120 e. The standard InChI is InChI=1S/C12H13NO2/c13-11(12-2-1-7-15-12)8-9-3-5-10(14)6-4-9/h1-7,11,14H,8,13H2. The second-order valence-corrected chi connectivity index (χ2v) is 3.49. The number of hydrogen-bond donors (Lipinski definition) is 2. The van der Waals surface area contributed by atoms with Gasteiger partial charge in [0.25, 0.3) is 0 Å². The molecule has 3 N–H and O–H groups in total. The largest absolute Gasteiger partial charge is 0.508 e. The van der Waals surface area contributed by atoms with Gasteiger partial charge in [0.1, 0.15) is 11.5 Å². The van der Waals surface area contributed by atoms with Gasteiger partial charge in [-0.2, -0.15) is 0 Å². The molecule has 1 aromatic carbocycles. The Morgan fingerprint density at radius 3 is 2.53 bits per heavy atom. The second-order valence-electron chi connectivity index (χ2n) is 3.49. The van der Waals surface area contributed by atoms with Crippen LogP contribution in [0.2, 0.25) is 0 Å². The van der Waals surface area contributed by atoms with Crippen LogP contribution in [0.3, 0.4) is 0 Å². The molecule has 2 aromatic rings. The summed E-state index contributed by atoms with van der Waals surface area (Å²) in [6.07, 6.45) is 2.32. The van der Waals surface area contributed by atoms with Gasteiger partial charge in [0.05, 0.1) is 12.3 Å². The average Bonchev–Trinajstić information content (AvgIpc) is 2.74. The molecular weight excluding hydrogens is 190 g/mol. The highest BCUT2D eigenvalue weighted by Gasteiger charge is 2.09. The molecular formula is C12H13NO2. The van der Waals surface area contributed by atoms with Crippen LogP contribution in [0.5, 0.6) is 5.75 Å². The summed E-state index contributed by atoms with van der Waals surface area (Å²) < 4.78 is 5.22. The molecule has 1 unspecified atom stereocenters. The Morgan fingerprint density at radius 1 is 1.20 bits per heavy atom. The summed E-state index contributed by atoms with van der Waals surface area (Å²) in [6.45, 7) is 0. The van der Waals surface area contributed by atoms with Crippen LogP contribution in [0.15, 0.2) is 47.1 Å². The van der Waals surface area contributed by atoms with Gasteiger partial charge >= 0.3 is 0 Å². The summed E-state index contributed by atoms with van der Waals surface area (Å²) in [6, 6.07) is 10.6. The van der Waals surface area contributed by atoms with E-state index in [9.17, 15) is 0 Å². The van der Waals surface area contributed by atoms with E-state index in [1.54, 1.807) is 18.4 Å². The summed E-state index contributed by atoms with van der Waals surface area (Å²) in [5.41, 5.74) is 7.03. The van der Waals surface area contributed by atoms with Gasteiger partial charge in [-0.25, -0.2) is 0 Å². The van der Waals surface area contributed by atoms with Crippen LogP contribution >= 0.6 is 0 Å². The molecule has 0 aliphatic heterocycles. The lowest BCUT2D eigenvalue weighted by molar-refractivity contribution is 0.463. The molecule has 1 heterocycles. The van der Waals surface area contributed by atoms with E-state index >= 15 is 0 Å². The molecule has 0 aliphatic carbocycles. The van der Waals surface area contributed by atoms with E-state index in [0.29, 0.717) is 6.42 Å². The van der Waals surface area contributed by atoms with E-state index < -0.39 is 0 Å². The highest BCUT2D eigenvalue weighted by Crippen LogP contribution is 2.18. The first kappa shape index (κ1) is 9.80. The summed E-state index contributed by atoms with van der Waals surface area (Å²) in [7, 11) is 0. The summed E-state index contributed by atoms with van der Waals surface area (Å²) in [4.78, 5) is 0. The third-order valence-electron chi connectivity index (χ3n) is 2.30. The number of rotatable bonds is 3. The molecule has 3 nitrogen and oxygen atoms in total. The van der Waals surface area contributed by atoms with E-state index in [1.165, 1.54) is 0 Å². The van der Waals surface area contributed by atoms with Gasteiger partial charge in [-0.3, -0.25) is 0 Å². The fourth-order valence-electron chi connectivity index (χ4n) is 1.49. The first-order valence-corrected chi connectivity index (χ1v) is 4.82. The number of benzene rings is 1. The van der Waals surface area contributed by atoms with Crippen molar-refractivity contribution in [1.82, 2.24) is 0 Å². The Kier molecular flexibility index (Phi) is 2.74. The minimum Gasteiger partial charge on any atom is -0.508 e. The van der Waals surface area contributed by atoms with Crippen LogP contribution in [0.1, 0.15) is 17.4 Å². The van der Waals surface area contributed by atoms with Gasteiger partial charge in [0.15, 0.2) is 0 Å². The second kappa shape index (κ2) is 4.19. The fourth-order valence-corrected chi connectivity index (χ4v) is 1.49. The van der Waals surface area contributed by atoms with Crippen molar-refractivity contribution in [3.05, 3.63) is 54.0 Å². The molecule has 2 rings (SSSR count). The summed E-state index contributed by atoms with van der Waals surface area (Å²) >= 11 is 0. The lowest BCUT2D eigenvalue weighted by atomic mass is 10.0. The van der Waals surface area contributed by atoms with Crippen LogP contribution in [0.25, 0.3) is 0 Å². The molecule has 1 aromatic heterocycles. The number of nitrogens with two attached hydrogens (primary N) is 1. The van der Waals surface area contributed by atoms with Gasteiger partial charge in [0.2, 0.25) is 0 Å². The topological polar surface area (TPSA) is 59.4 Å². The van der Waals surface area contributed by atoms with E-state index in [1.807, 2.05) is 24.3 Å². The van der Waals surface area contributed by atoms with Crippen LogP contribution in [0, 0.1) is 0 Å². The molecule has 0 saturated heterocycles. The number of aromatic hydroxyl groups is 1. The number of phenols is 1. The maximum absolute atomic E-state index is 9.12. The Labute approximate surface area is 88.1 Å². The molecule has 3 heteroatoms.